The van der Waals surface area contributed by atoms with E-state index in [1.807, 2.05) is 27.7 Å². The zero-order chi connectivity index (χ0) is 19.2. The molecule has 0 spiro atoms. The van der Waals surface area contributed by atoms with Crippen molar-refractivity contribution in [2.45, 2.75) is 76.4 Å². The SMILES string of the molecule is CC1(C)OC2OC(COCCCNS(C)(=O)=O)C3OC(C)(C)OC3C2O1. The molecule has 5 unspecified atom stereocenters. The fraction of sp³-hybridized carbons (Fsp3) is 1.00. The molecule has 0 aliphatic carbocycles. The maximum Gasteiger partial charge on any atom is 0.208 e. The number of hydrogen-bond acceptors (Lipinski definition) is 8. The van der Waals surface area contributed by atoms with Crippen LogP contribution >= 0.6 is 0 Å². The monoisotopic (exact) mass is 395 g/mol. The van der Waals surface area contributed by atoms with Crippen molar-refractivity contribution in [1.29, 1.82) is 0 Å². The van der Waals surface area contributed by atoms with Gasteiger partial charge in [0.25, 0.3) is 0 Å². The van der Waals surface area contributed by atoms with E-state index in [0.717, 1.165) is 6.26 Å². The first-order valence-corrected chi connectivity index (χ1v) is 10.7. The molecule has 3 rings (SSSR count). The molecule has 10 heteroatoms. The van der Waals surface area contributed by atoms with Crippen LogP contribution in [0.15, 0.2) is 0 Å². The molecule has 3 heterocycles. The van der Waals surface area contributed by atoms with E-state index in [0.29, 0.717) is 26.2 Å². The highest BCUT2D eigenvalue weighted by molar-refractivity contribution is 7.88. The molecule has 0 aromatic rings. The van der Waals surface area contributed by atoms with Crippen LogP contribution < -0.4 is 4.72 Å². The predicted molar refractivity (Wildman–Crippen MR) is 90.8 cm³/mol. The summed E-state index contributed by atoms with van der Waals surface area (Å²) < 4.78 is 60.0. The molecule has 3 aliphatic heterocycles. The number of hydrogen-bond donors (Lipinski definition) is 1. The Hall–Kier alpha value is -0.330. The molecule has 5 atom stereocenters. The van der Waals surface area contributed by atoms with Gasteiger partial charge in [-0.1, -0.05) is 0 Å². The van der Waals surface area contributed by atoms with Crippen LogP contribution in [0.5, 0.6) is 0 Å². The Balaban J connectivity index is 1.54. The molecule has 0 bridgehead atoms. The van der Waals surface area contributed by atoms with Gasteiger partial charge in [-0.2, -0.15) is 0 Å². The Morgan fingerprint density at radius 3 is 2.27 bits per heavy atom. The van der Waals surface area contributed by atoms with Gasteiger partial charge in [0.05, 0.1) is 12.9 Å². The van der Waals surface area contributed by atoms with E-state index >= 15 is 0 Å². The van der Waals surface area contributed by atoms with Gasteiger partial charge in [0.15, 0.2) is 17.9 Å². The molecule has 0 aromatic carbocycles. The van der Waals surface area contributed by atoms with E-state index < -0.39 is 27.9 Å². The largest absolute Gasteiger partial charge is 0.379 e. The van der Waals surface area contributed by atoms with Crippen molar-refractivity contribution in [3.8, 4) is 0 Å². The standard InChI is InChI=1S/C16H29NO8S/c1-15(2)22-11-10(9-20-8-6-7-17-26(5,18)19)21-14-13(12(11)23-15)24-16(3,4)25-14/h10-14,17H,6-9H2,1-5H3. The Bertz CT molecular complexity index is 607. The van der Waals surface area contributed by atoms with Crippen molar-refractivity contribution in [3.63, 3.8) is 0 Å². The van der Waals surface area contributed by atoms with Crippen molar-refractivity contribution in [2.75, 3.05) is 26.0 Å². The van der Waals surface area contributed by atoms with Crippen LogP contribution in [0.4, 0.5) is 0 Å². The van der Waals surface area contributed by atoms with Crippen molar-refractivity contribution in [1.82, 2.24) is 4.72 Å². The van der Waals surface area contributed by atoms with Gasteiger partial charge in [0, 0.05) is 13.2 Å². The first kappa shape index (κ1) is 20.4. The Kier molecular flexibility index (Phi) is 5.69. The van der Waals surface area contributed by atoms with Crippen molar-refractivity contribution >= 4 is 10.0 Å². The third-order valence-corrected chi connectivity index (χ3v) is 5.09. The van der Waals surface area contributed by atoms with Crippen LogP contribution in [0.3, 0.4) is 0 Å². The third kappa shape index (κ3) is 4.93. The molecule has 0 radical (unpaired) electrons. The zero-order valence-corrected chi connectivity index (χ0v) is 16.7. The van der Waals surface area contributed by atoms with E-state index in [1.54, 1.807) is 0 Å². The molecule has 9 nitrogen and oxygen atoms in total. The van der Waals surface area contributed by atoms with Gasteiger partial charge in [-0.25, -0.2) is 13.1 Å². The van der Waals surface area contributed by atoms with Gasteiger partial charge < -0.3 is 28.4 Å². The number of ether oxygens (including phenoxy) is 6. The topological polar surface area (TPSA) is 102 Å². The number of nitrogens with one attached hydrogen (secondary N) is 1. The highest BCUT2D eigenvalue weighted by atomic mass is 32.2. The summed E-state index contributed by atoms with van der Waals surface area (Å²) in [6.45, 7) is 8.42. The van der Waals surface area contributed by atoms with Crippen LogP contribution in [-0.2, 0) is 38.4 Å². The first-order valence-electron chi connectivity index (χ1n) is 8.85. The number of fused-ring (bicyclic) bond motifs is 3. The molecule has 3 saturated heterocycles. The minimum Gasteiger partial charge on any atom is -0.379 e. The van der Waals surface area contributed by atoms with Crippen molar-refractivity contribution < 1.29 is 36.8 Å². The van der Waals surface area contributed by atoms with Gasteiger partial charge in [-0.3, -0.25) is 0 Å². The zero-order valence-electron chi connectivity index (χ0n) is 15.9. The summed E-state index contributed by atoms with van der Waals surface area (Å²) in [4.78, 5) is 0. The summed E-state index contributed by atoms with van der Waals surface area (Å²) in [7, 11) is -3.17. The smallest absolute Gasteiger partial charge is 0.208 e. The van der Waals surface area contributed by atoms with Gasteiger partial charge in [0.1, 0.15) is 24.4 Å². The lowest BCUT2D eigenvalue weighted by molar-refractivity contribution is -0.243. The normalized spacial score (nSPS) is 38.1. The van der Waals surface area contributed by atoms with E-state index in [2.05, 4.69) is 4.72 Å². The molecule has 0 amide bonds. The van der Waals surface area contributed by atoms with Gasteiger partial charge in [-0.15, -0.1) is 0 Å². The summed E-state index contributed by atoms with van der Waals surface area (Å²) >= 11 is 0. The highest BCUT2D eigenvalue weighted by Crippen LogP contribution is 2.44. The van der Waals surface area contributed by atoms with Crippen molar-refractivity contribution in [2.24, 2.45) is 0 Å². The fourth-order valence-corrected chi connectivity index (χ4v) is 3.97. The summed E-state index contributed by atoms with van der Waals surface area (Å²) in [6, 6.07) is 0. The molecule has 0 saturated carbocycles. The highest BCUT2D eigenvalue weighted by Gasteiger charge is 2.60. The van der Waals surface area contributed by atoms with Gasteiger partial charge in [0.2, 0.25) is 10.0 Å². The molecule has 26 heavy (non-hydrogen) atoms. The van der Waals surface area contributed by atoms with E-state index in [4.69, 9.17) is 28.4 Å². The van der Waals surface area contributed by atoms with Crippen LogP contribution in [0.1, 0.15) is 34.1 Å². The quantitative estimate of drug-likeness (QED) is 0.616. The lowest BCUT2D eigenvalue weighted by Crippen LogP contribution is -2.56. The molecule has 3 aliphatic rings. The maximum absolute atomic E-state index is 11.0. The molecule has 3 fully saturated rings. The molecule has 0 aromatic heterocycles. The Morgan fingerprint density at radius 2 is 1.58 bits per heavy atom. The molecular weight excluding hydrogens is 366 g/mol. The maximum atomic E-state index is 11.0. The van der Waals surface area contributed by atoms with E-state index in [9.17, 15) is 8.42 Å². The van der Waals surface area contributed by atoms with E-state index in [1.165, 1.54) is 0 Å². The Labute approximate surface area is 154 Å². The Morgan fingerprint density at radius 1 is 0.962 bits per heavy atom. The molecule has 152 valence electrons. The minimum absolute atomic E-state index is 0.298. The number of rotatable bonds is 7. The van der Waals surface area contributed by atoms with Crippen LogP contribution in [-0.4, -0.2) is 76.7 Å². The van der Waals surface area contributed by atoms with E-state index in [-0.39, 0.29) is 24.4 Å². The number of sulfonamides is 1. The van der Waals surface area contributed by atoms with Crippen LogP contribution in [0, 0.1) is 0 Å². The summed E-state index contributed by atoms with van der Waals surface area (Å²) in [5, 5.41) is 0. The average Bonchev–Trinajstić information content (AvgIpc) is 2.95. The van der Waals surface area contributed by atoms with Gasteiger partial charge in [-0.05, 0) is 34.1 Å². The summed E-state index contributed by atoms with van der Waals surface area (Å²) in [5.41, 5.74) is 0. The minimum atomic E-state index is -3.17. The van der Waals surface area contributed by atoms with Crippen molar-refractivity contribution in [3.05, 3.63) is 0 Å². The van der Waals surface area contributed by atoms with Crippen LogP contribution in [0.2, 0.25) is 0 Å². The average molecular weight is 395 g/mol. The van der Waals surface area contributed by atoms with Crippen LogP contribution in [0.25, 0.3) is 0 Å². The second-order valence-electron chi connectivity index (χ2n) is 7.80. The molecule has 1 N–H and O–H groups in total. The third-order valence-electron chi connectivity index (χ3n) is 4.36. The second kappa shape index (κ2) is 7.25. The lowest BCUT2D eigenvalue weighted by atomic mass is 9.99. The predicted octanol–water partition coefficient (Wildman–Crippen LogP) is 0.339. The second-order valence-corrected chi connectivity index (χ2v) is 9.64. The fourth-order valence-electron chi connectivity index (χ4n) is 3.46. The first-order chi connectivity index (χ1) is 12.0. The summed E-state index contributed by atoms with van der Waals surface area (Å²) in [5.74, 6) is -1.48. The van der Waals surface area contributed by atoms with Gasteiger partial charge >= 0.3 is 0 Å². The summed E-state index contributed by atoms with van der Waals surface area (Å²) in [6.07, 6.45) is -0.177. The lowest BCUT2D eigenvalue weighted by Gasteiger charge is -2.37. The molecular formula is C16H29NO8S.